The van der Waals surface area contributed by atoms with Gasteiger partial charge >= 0.3 is 0 Å². The predicted octanol–water partition coefficient (Wildman–Crippen LogP) is 3.52. The van der Waals surface area contributed by atoms with Gasteiger partial charge in [0.1, 0.15) is 16.0 Å². The van der Waals surface area contributed by atoms with E-state index in [1.807, 2.05) is 51.1 Å². The molecule has 0 atom stereocenters. The van der Waals surface area contributed by atoms with Crippen LogP contribution in [0, 0.1) is 6.92 Å². The minimum atomic E-state index is -3.59. The van der Waals surface area contributed by atoms with E-state index in [1.54, 1.807) is 29.5 Å². The quantitative estimate of drug-likeness (QED) is 0.402. The van der Waals surface area contributed by atoms with Crippen molar-refractivity contribution < 1.29 is 13.3 Å². The zero-order chi connectivity index (χ0) is 22.0. The minimum absolute atomic E-state index is 0.191. The molecule has 162 valence electrons. The second-order valence-electron chi connectivity index (χ2n) is 6.87. The lowest BCUT2D eigenvalue weighted by atomic mass is 10.2. The molecule has 2 heterocycles. The highest BCUT2D eigenvalue weighted by molar-refractivity contribution is 7.89. The van der Waals surface area contributed by atoms with Gasteiger partial charge in [-0.15, -0.1) is 16.4 Å². The minimum Gasteiger partial charge on any atom is -0.389 e. The lowest BCUT2D eigenvalue weighted by Crippen LogP contribution is -2.30. The summed E-state index contributed by atoms with van der Waals surface area (Å²) >= 11 is 1.56. The molecule has 0 saturated carbocycles. The van der Waals surface area contributed by atoms with Crippen molar-refractivity contribution in [1.29, 1.82) is 0 Å². The summed E-state index contributed by atoms with van der Waals surface area (Å²) in [5.41, 5.74) is 3.00. The summed E-state index contributed by atoms with van der Waals surface area (Å²) in [7, 11) is -3.59. The third kappa shape index (κ3) is 4.18. The van der Waals surface area contributed by atoms with Crippen LogP contribution in [0.15, 0.2) is 53.4 Å². The van der Waals surface area contributed by atoms with Crippen LogP contribution in [0.3, 0.4) is 0 Å². The first-order valence-corrected chi connectivity index (χ1v) is 12.2. The van der Waals surface area contributed by atoms with Crippen molar-refractivity contribution in [2.45, 2.75) is 32.3 Å². The molecule has 0 radical (unpaired) electrons. The molecule has 0 fully saturated rings. The highest BCUT2D eigenvalue weighted by Crippen LogP contribution is 2.28. The Kier molecular flexibility index (Phi) is 6.03. The molecule has 10 heteroatoms. The van der Waals surface area contributed by atoms with Crippen molar-refractivity contribution in [3.63, 3.8) is 0 Å². The van der Waals surface area contributed by atoms with E-state index in [4.69, 9.17) is 4.84 Å². The van der Waals surface area contributed by atoms with Crippen molar-refractivity contribution in [1.82, 2.24) is 24.4 Å². The van der Waals surface area contributed by atoms with Crippen LogP contribution in [0.5, 0.6) is 0 Å². The molecule has 2 aromatic carbocycles. The molecule has 0 spiro atoms. The predicted molar refractivity (Wildman–Crippen MR) is 120 cm³/mol. The molecule has 0 saturated heterocycles. The summed E-state index contributed by atoms with van der Waals surface area (Å²) in [6.45, 7) is 6.63. The Labute approximate surface area is 185 Å². The van der Waals surface area contributed by atoms with E-state index >= 15 is 0 Å². The molecule has 0 unspecified atom stereocenters. The molecule has 31 heavy (non-hydrogen) atoms. The molecule has 8 nitrogen and oxygen atoms in total. The molecule has 2 aromatic heterocycles. The van der Waals surface area contributed by atoms with E-state index in [0.29, 0.717) is 24.1 Å². The van der Waals surface area contributed by atoms with E-state index in [1.165, 1.54) is 9.15 Å². The normalized spacial score (nSPS) is 12.0. The van der Waals surface area contributed by atoms with Gasteiger partial charge in [0.15, 0.2) is 6.61 Å². The van der Waals surface area contributed by atoms with Crippen molar-refractivity contribution in [2.24, 2.45) is 0 Å². The van der Waals surface area contributed by atoms with E-state index in [9.17, 15) is 8.42 Å². The second-order valence-corrected chi connectivity index (χ2v) is 9.89. The van der Waals surface area contributed by atoms with Crippen LogP contribution in [0.1, 0.15) is 24.4 Å². The summed E-state index contributed by atoms with van der Waals surface area (Å²) < 4.78 is 27.1. The molecule has 0 aliphatic carbocycles. The maximum Gasteiger partial charge on any atom is 0.243 e. The summed E-state index contributed by atoms with van der Waals surface area (Å²) in [6, 6.07) is 14.7. The smallest absolute Gasteiger partial charge is 0.243 e. The first-order chi connectivity index (χ1) is 14.9. The average molecular weight is 458 g/mol. The van der Waals surface area contributed by atoms with E-state index in [-0.39, 0.29) is 11.5 Å². The lowest BCUT2D eigenvalue weighted by Gasteiger charge is -2.18. The molecular weight excluding hydrogens is 434 g/mol. The number of hydrogen-bond acceptors (Lipinski definition) is 7. The molecule has 4 aromatic rings. The van der Waals surface area contributed by atoms with Gasteiger partial charge in [0.25, 0.3) is 0 Å². The van der Waals surface area contributed by atoms with Gasteiger partial charge in [-0.05, 0) is 30.3 Å². The Morgan fingerprint density at radius 2 is 1.84 bits per heavy atom. The fraction of sp³-hybridized carbons (Fsp3) is 0.286. The Hall–Kier alpha value is -2.82. The molecule has 0 aliphatic heterocycles. The van der Waals surface area contributed by atoms with Gasteiger partial charge in [-0.25, -0.2) is 13.4 Å². The van der Waals surface area contributed by atoms with Gasteiger partial charge in [0, 0.05) is 18.7 Å². The first-order valence-electron chi connectivity index (χ1n) is 9.94. The number of fused-ring (bicyclic) bond motifs is 1. The largest absolute Gasteiger partial charge is 0.389 e. The maximum absolute atomic E-state index is 12.9. The zero-order valence-corrected chi connectivity index (χ0v) is 19.2. The van der Waals surface area contributed by atoms with Crippen LogP contribution >= 0.6 is 11.3 Å². The zero-order valence-electron chi connectivity index (χ0n) is 17.5. The summed E-state index contributed by atoms with van der Waals surface area (Å²) in [5.74, 6) is 0. The van der Waals surface area contributed by atoms with Crippen molar-refractivity contribution in [2.75, 3.05) is 13.1 Å². The van der Waals surface area contributed by atoms with Crippen LogP contribution in [-0.2, 0) is 16.6 Å². The standard InChI is InChI=1S/C21H23N5O3S2/c1-4-25(5-2)31(27,28)17-11-12-18-19(13-17)26(24-23-18)29-14-20-15(3)22-21(30-20)16-9-7-6-8-10-16/h6-13H,4-5,14H2,1-3H3. The number of aromatic nitrogens is 4. The number of thiazole rings is 1. The van der Waals surface area contributed by atoms with Gasteiger partial charge in [-0.3, -0.25) is 0 Å². The van der Waals surface area contributed by atoms with Crippen LogP contribution in [0.2, 0.25) is 0 Å². The Balaban J connectivity index is 1.59. The number of nitrogens with zero attached hydrogens (tertiary/aromatic N) is 5. The number of rotatable bonds is 8. The van der Waals surface area contributed by atoms with Crippen molar-refractivity contribution >= 4 is 32.4 Å². The van der Waals surface area contributed by atoms with E-state index in [2.05, 4.69) is 15.3 Å². The number of benzene rings is 2. The molecule has 4 rings (SSSR count). The van der Waals surface area contributed by atoms with Gasteiger partial charge in [-0.1, -0.05) is 49.0 Å². The summed E-state index contributed by atoms with van der Waals surface area (Å²) in [5, 5.41) is 9.04. The van der Waals surface area contributed by atoms with E-state index in [0.717, 1.165) is 21.1 Å². The van der Waals surface area contributed by atoms with Crippen molar-refractivity contribution in [3.05, 3.63) is 59.1 Å². The highest BCUT2D eigenvalue weighted by Gasteiger charge is 2.23. The lowest BCUT2D eigenvalue weighted by molar-refractivity contribution is 0.0764. The number of aryl methyl sites for hydroxylation is 1. The molecule has 0 bridgehead atoms. The van der Waals surface area contributed by atoms with Crippen LogP contribution in [-0.4, -0.2) is 46.0 Å². The Morgan fingerprint density at radius 3 is 2.55 bits per heavy atom. The molecule has 0 aliphatic rings. The first kappa shape index (κ1) is 21.4. The fourth-order valence-electron chi connectivity index (χ4n) is 3.23. The third-order valence-electron chi connectivity index (χ3n) is 4.96. The third-order valence-corrected chi connectivity index (χ3v) is 8.19. The van der Waals surface area contributed by atoms with Crippen LogP contribution in [0.25, 0.3) is 21.6 Å². The maximum atomic E-state index is 12.9. The monoisotopic (exact) mass is 457 g/mol. The summed E-state index contributed by atoms with van der Waals surface area (Å²) in [4.78, 5) is 12.9. The van der Waals surface area contributed by atoms with Crippen LogP contribution in [0.4, 0.5) is 0 Å². The van der Waals surface area contributed by atoms with Gasteiger partial charge in [0.2, 0.25) is 10.0 Å². The van der Waals surface area contributed by atoms with Gasteiger partial charge < -0.3 is 4.84 Å². The second kappa shape index (κ2) is 8.74. The molecule has 0 N–H and O–H groups in total. The van der Waals surface area contributed by atoms with E-state index < -0.39 is 10.0 Å². The Bertz CT molecular complexity index is 1300. The molecule has 0 amide bonds. The van der Waals surface area contributed by atoms with Crippen molar-refractivity contribution in [3.8, 4) is 10.6 Å². The Morgan fingerprint density at radius 1 is 1.10 bits per heavy atom. The highest BCUT2D eigenvalue weighted by atomic mass is 32.2. The topological polar surface area (TPSA) is 90.2 Å². The SMILES string of the molecule is CCN(CC)S(=O)(=O)c1ccc2nnn(OCc3sc(-c4ccccc4)nc3C)c2c1. The van der Waals surface area contributed by atoms with Gasteiger partial charge in [0.05, 0.1) is 15.5 Å². The van der Waals surface area contributed by atoms with Crippen LogP contribution < -0.4 is 4.84 Å². The number of sulfonamides is 1. The van der Waals surface area contributed by atoms with Gasteiger partial charge in [-0.2, -0.15) is 4.31 Å². The molecular formula is C21H23N5O3S2. The fourth-order valence-corrected chi connectivity index (χ4v) is 5.69. The average Bonchev–Trinajstić information content (AvgIpc) is 3.36. The number of hydrogen-bond donors (Lipinski definition) is 0. The summed E-state index contributed by atoms with van der Waals surface area (Å²) in [6.07, 6.45) is 0.